The number of benzene rings is 2. The summed E-state index contributed by atoms with van der Waals surface area (Å²) >= 11 is 0. The van der Waals surface area contributed by atoms with Crippen molar-refractivity contribution in [3.05, 3.63) is 47.5 Å². The number of nitrogens with two attached hydrogens (primary N) is 1. The molecular weight excluding hydrogens is 356 g/mol. The van der Waals surface area contributed by atoms with Gasteiger partial charge in [0.1, 0.15) is 10.6 Å². The highest BCUT2D eigenvalue weighted by Gasteiger charge is 2.27. The van der Waals surface area contributed by atoms with Crippen LogP contribution < -0.4 is 14.8 Å². The molecule has 0 saturated carbocycles. The number of nitrogens with zero attached hydrogens (tertiary/aromatic N) is 1. The number of primary sulfonamides is 1. The maximum absolute atomic E-state index is 12.1. The number of sulfonamides is 1. The number of hydrogen-bond donors (Lipinski definition) is 2. The molecule has 0 spiro atoms. The smallest absolute Gasteiger partial charge is 0.335 e. The zero-order valence-electron chi connectivity index (χ0n) is 14.3. The van der Waals surface area contributed by atoms with Crippen LogP contribution in [0.1, 0.15) is 28.8 Å². The molecule has 1 fully saturated rings. The fourth-order valence-electron chi connectivity index (χ4n) is 3.01. The second-order valence-corrected chi connectivity index (χ2v) is 7.82. The van der Waals surface area contributed by atoms with Crippen LogP contribution in [0.25, 0.3) is 0 Å². The molecule has 0 aliphatic carbocycles. The van der Waals surface area contributed by atoms with Crippen molar-refractivity contribution in [2.24, 2.45) is 5.14 Å². The quantitative estimate of drug-likeness (QED) is 0.830. The highest BCUT2D eigenvalue weighted by atomic mass is 32.2. The van der Waals surface area contributed by atoms with Crippen LogP contribution >= 0.6 is 0 Å². The number of carbonyl (C=O) groups is 1. The zero-order valence-corrected chi connectivity index (χ0v) is 15.1. The van der Waals surface area contributed by atoms with Gasteiger partial charge in [0.25, 0.3) is 0 Å². The van der Waals surface area contributed by atoms with Gasteiger partial charge < -0.3 is 14.7 Å². The Morgan fingerprint density at radius 1 is 1.19 bits per heavy atom. The zero-order chi connectivity index (χ0) is 18.9. The molecule has 1 aliphatic rings. The summed E-state index contributed by atoms with van der Waals surface area (Å²) in [7, 11) is -4.19. The van der Waals surface area contributed by atoms with Gasteiger partial charge in [-0.25, -0.2) is 18.4 Å². The lowest BCUT2D eigenvalue weighted by Crippen LogP contribution is -2.21. The lowest BCUT2D eigenvalue weighted by molar-refractivity contribution is 0.0696. The van der Waals surface area contributed by atoms with Crippen molar-refractivity contribution >= 4 is 21.7 Å². The van der Waals surface area contributed by atoms with Gasteiger partial charge in [-0.1, -0.05) is 12.1 Å². The van der Waals surface area contributed by atoms with Gasteiger partial charge in [-0.2, -0.15) is 0 Å². The number of carboxylic acids is 1. The van der Waals surface area contributed by atoms with Crippen LogP contribution in [0.3, 0.4) is 0 Å². The largest absolute Gasteiger partial charge is 0.478 e. The van der Waals surface area contributed by atoms with Gasteiger partial charge in [0.05, 0.1) is 11.3 Å². The molecule has 138 valence electrons. The van der Waals surface area contributed by atoms with Crippen molar-refractivity contribution in [3.63, 3.8) is 0 Å². The third-order valence-electron chi connectivity index (χ3n) is 4.24. The van der Waals surface area contributed by atoms with Gasteiger partial charge in [0.2, 0.25) is 10.0 Å². The molecule has 0 aromatic heterocycles. The highest BCUT2D eigenvalue weighted by Crippen LogP contribution is 2.40. The van der Waals surface area contributed by atoms with Crippen molar-refractivity contribution in [2.45, 2.75) is 24.7 Å². The van der Waals surface area contributed by atoms with E-state index in [1.54, 1.807) is 18.2 Å². The Hall–Kier alpha value is -2.58. The van der Waals surface area contributed by atoms with Gasteiger partial charge in [-0.3, -0.25) is 0 Å². The molecular formula is C18H20N2O5S. The van der Waals surface area contributed by atoms with Crippen molar-refractivity contribution in [2.75, 3.05) is 18.0 Å². The molecule has 8 heteroatoms. The van der Waals surface area contributed by atoms with Crippen LogP contribution in [0, 0.1) is 6.92 Å². The number of carboxylic acid groups (broad SMARTS) is 1. The number of ether oxygens (including phenoxy) is 1. The van der Waals surface area contributed by atoms with Crippen molar-refractivity contribution < 1.29 is 23.1 Å². The lowest BCUT2D eigenvalue weighted by Gasteiger charge is -2.23. The molecule has 2 aromatic rings. The third kappa shape index (κ3) is 3.81. The molecule has 7 nitrogen and oxygen atoms in total. The van der Waals surface area contributed by atoms with E-state index in [1.165, 1.54) is 6.07 Å². The van der Waals surface area contributed by atoms with Crippen molar-refractivity contribution in [3.8, 4) is 11.5 Å². The Morgan fingerprint density at radius 3 is 2.46 bits per heavy atom. The molecule has 26 heavy (non-hydrogen) atoms. The maximum atomic E-state index is 12.1. The van der Waals surface area contributed by atoms with Crippen molar-refractivity contribution in [1.29, 1.82) is 0 Å². The molecule has 0 unspecified atom stereocenters. The van der Waals surface area contributed by atoms with E-state index < -0.39 is 16.0 Å². The molecule has 0 bridgehead atoms. The van der Waals surface area contributed by atoms with Gasteiger partial charge in [-0.15, -0.1) is 0 Å². The minimum atomic E-state index is -4.19. The Labute approximate surface area is 152 Å². The molecule has 2 aromatic carbocycles. The Morgan fingerprint density at radius 2 is 1.88 bits per heavy atom. The van der Waals surface area contributed by atoms with Gasteiger partial charge >= 0.3 is 5.97 Å². The summed E-state index contributed by atoms with van der Waals surface area (Å²) in [4.78, 5) is 13.1. The van der Waals surface area contributed by atoms with Gasteiger partial charge in [0.15, 0.2) is 5.75 Å². The number of hydrogen-bond acceptors (Lipinski definition) is 5. The number of aromatic carboxylic acids is 1. The average Bonchev–Trinajstić information content (AvgIpc) is 3.08. The average molecular weight is 376 g/mol. The predicted octanol–water partition coefficient (Wildman–Crippen LogP) is 2.73. The molecule has 0 radical (unpaired) electrons. The fourth-order valence-corrected chi connectivity index (χ4v) is 3.71. The van der Waals surface area contributed by atoms with E-state index in [4.69, 9.17) is 9.88 Å². The summed E-state index contributed by atoms with van der Waals surface area (Å²) in [5, 5.41) is 14.7. The summed E-state index contributed by atoms with van der Waals surface area (Å²) in [5.41, 5.74) is 1.23. The molecule has 3 N–H and O–H groups in total. The number of rotatable bonds is 5. The Balaban J connectivity index is 2.22. The summed E-state index contributed by atoms with van der Waals surface area (Å²) in [6.45, 7) is 3.27. The monoisotopic (exact) mass is 376 g/mol. The Kier molecular flexibility index (Phi) is 4.88. The summed E-state index contributed by atoms with van der Waals surface area (Å²) in [5.74, 6) is -0.708. The first-order chi connectivity index (χ1) is 12.3. The first-order valence-electron chi connectivity index (χ1n) is 8.19. The highest BCUT2D eigenvalue weighted by molar-refractivity contribution is 7.89. The fraction of sp³-hybridized carbons (Fsp3) is 0.278. The van der Waals surface area contributed by atoms with Crippen LogP contribution in [0.5, 0.6) is 11.5 Å². The van der Waals surface area contributed by atoms with Crippen LogP contribution in [0.2, 0.25) is 0 Å². The van der Waals surface area contributed by atoms with Crippen LogP contribution in [-0.4, -0.2) is 32.6 Å². The van der Waals surface area contributed by atoms with E-state index in [9.17, 15) is 18.3 Å². The van der Waals surface area contributed by atoms with E-state index in [1.807, 2.05) is 17.9 Å². The molecule has 1 aliphatic heterocycles. The minimum absolute atomic E-state index is 0.0602. The summed E-state index contributed by atoms with van der Waals surface area (Å²) < 4.78 is 30.2. The summed E-state index contributed by atoms with van der Waals surface area (Å²) in [6, 6.07) is 9.64. The third-order valence-corrected chi connectivity index (χ3v) is 5.16. The van der Waals surface area contributed by atoms with E-state index in [-0.39, 0.29) is 16.2 Å². The number of anilines is 1. The van der Waals surface area contributed by atoms with Crippen LogP contribution in [0.15, 0.2) is 41.3 Å². The van der Waals surface area contributed by atoms with Gasteiger partial charge in [-0.05, 0) is 49.6 Å². The molecule has 1 saturated heterocycles. The maximum Gasteiger partial charge on any atom is 0.335 e. The standard InChI is InChI=1S/C18H20N2O5S/c1-12-5-4-6-14(9-12)25-17-15(20-7-2-3-8-20)10-13(18(21)22)11-16(17)26(19,23)24/h4-6,9-11H,2-3,7-8H2,1H3,(H,21,22)(H2,19,23,24). The van der Waals surface area contributed by atoms with Gasteiger partial charge in [0, 0.05) is 13.1 Å². The van der Waals surface area contributed by atoms with Crippen LogP contribution in [-0.2, 0) is 10.0 Å². The number of aryl methyl sites for hydroxylation is 1. The topological polar surface area (TPSA) is 110 Å². The van der Waals surface area contributed by atoms with E-state index in [0.717, 1.165) is 24.5 Å². The first kappa shape index (κ1) is 18.2. The predicted molar refractivity (Wildman–Crippen MR) is 97.5 cm³/mol. The molecule has 0 amide bonds. The summed E-state index contributed by atoms with van der Waals surface area (Å²) in [6.07, 6.45) is 1.87. The second-order valence-electron chi connectivity index (χ2n) is 6.29. The van der Waals surface area contributed by atoms with Crippen molar-refractivity contribution in [1.82, 2.24) is 0 Å². The molecule has 1 heterocycles. The van der Waals surface area contributed by atoms with E-state index in [0.29, 0.717) is 24.5 Å². The van der Waals surface area contributed by atoms with Crippen LogP contribution in [0.4, 0.5) is 5.69 Å². The lowest BCUT2D eigenvalue weighted by atomic mass is 10.1. The van der Waals surface area contributed by atoms with E-state index >= 15 is 0 Å². The Bertz CT molecular complexity index is 950. The molecule has 0 atom stereocenters. The second kappa shape index (κ2) is 6.97. The SMILES string of the molecule is Cc1cccc(Oc2c(N3CCCC3)cc(C(=O)O)cc2S(N)(=O)=O)c1. The normalized spacial score (nSPS) is 14.5. The minimum Gasteiger partial charge on any atom is -0.478 e. The molecule has 3 rings (SSSR count). The first-order valence-corrected chi connectivity index (χ1v) is 9.74. The van der Waals surface area contributed by atoms with E-state index in [2.05, 4.69) is 0 Å².